The zero-order chi connectivity index (χ0) is 14.8. The summed E-state index contributed by atoms with van der Waals surface area (Å²) in [4.78, 5) is 17.1. The first-order valence-corrected chi connectivity index (χ1v) is 9.18. The number of rotatable bonds is 3. The van der Waals surface area contributed by atoms with Crippen molar-refractivity contribution >= 4 is 66.1 Å². The molecule has 0 bridgehead atoms. The van der Waals surface area contributed by atoms with E-state index in [1.807, 2.05) is 29.6 Å². The van der Waals surface area contributed by atoms with E-state index in [4.69, 9.17) is 0 Å². The fraction of sp³-hybridized carbons (Fsp3) is 0. The van der Waals surface area contributed by atoms with E-state index < -0.39 is 0 Å². The zero-order valence-corrected chi connectivity index (χ0v) is 15.3. The molecule has 0 radical (unpaired) electrons. The van der Waals surface area contributed by atoms with Crippen molar-refractivity contribution < 1.29 is 4.79 Å². The first kappa shape index (κ1) is 14.9. The minimum absolute atomic E-state index is 0.123. The van der Waals surface area contributed by atoms with Crippen LogP contribution in [-0.2, 0) is 0 Å². The maximum absolute atomic E-state index is 12.2. The second-order valence-electron chi connectivity index (χ2n) is 4.10. The topological polar surface area (TPSA) is 42.0 Å². The number of halogens is 2. The van der Waals surface area contributed by atoms with Crippen LogP contribution in [0.3, 0.4) is 0 Å². The van der Waals surface area contributed by atoms with E-state index in [-0.39, 0.29) is 5.91 Å². The number of thiazole rings is 1. The molecule has 0 atom stereocenters. The first-order chi connectivity index (χ1) is 10.1. The van der Waals surface area contributed by atoms with Gasteiger partial charge in [0, 0.05) is 27.3 Å². The van der Waals surface area contributed by atoms with Crippen molar-refractivity contribution in [1.29, 1.82) is 0 Å². The Bertz CT molecular complexity index is 765. The van der Waals surface area contributed by atoms with E-state index >= 15 is 0 Å². The summed E-state index contributed by atoms with van der Waals surface area (Å²) in [6.45, 7) is 0. The molecule has 0 saturated heterocycles. The quantitative estimate of drug-likeness (QED) is 0.568. The third-order valence-corrected chi connectivity index (χ3v) is 6.75. The van der Waals surface area contributed by atoms with Crippen molar-refractivity contribution in [3.63, 3.8) is 0 Å². The first-order valence-electron chi connectivity index (χ1n) is 5.89. The maximum Gasteiger partial charge on any atom is 0.265 e. The van der Waals surface area contributed by atoms with Crippen molar-refractivity contribution in [2.75, 3.05) is 5.32 Å². The van der Waals surface area contributed by atoms with Gasteiger partial charge in [0.05, 0.1) is 8.66 Å². The maximum atomic E-state index is 12.2. The van der Waals surface area contributed by atoms with Crippen LogP contribution in [0.4, 0.5) is 5.69 Å². The van der Waals surface area contributed by atoms with Crippen LogP contribution in [-0.4, -0.2) is 10.9 Å². The number of hydrogen-bond acceptors (Lipinski definition) is 4. The van der Waals surface area contributed by atoms with Gasteiger partial charge in [-0.15, -0.1) is 22.7 Å². The van der Waals surface area contributed by atoms with Crippen molar-refractivity contribution in [1.82, 2.24) is 4.98 Å². The Kier molecular flexibility index (Phi) is 4.54. The molecule has 3 nitrogen and oxygen atoms in total. The Hall–Kier alpha value is -1.02. The summed E-state index contributed by atoms with van der Waals surface area (Å²) < 4.78 is 1.79. The van der Waals surface area contributed by atoms with Crippen LogP contribution in [0.1, 0.15) is 9.67 Å². The Morgan fingerprint density at radius 1 is 1.24 bits per heavy atom. The van der Waals surface area contributed by atoms with Gasteiger partial charge < -0.3 is 5.32 Å². The normalized spacial score (nSPS) is 10.6. The van der Waals surface area contributed by atoms with E-state index in [1.54, 1.807) is 23.6 Å². The molecule has 7 heteroatoms. The second kappa shape index (κ2) is 6.39. The predicted octanol–water partition coefficient (Wildman–Crippen LogP) is 5.65. The Morgan fingerprint density at radius 3 is 2.76 bits per heavy atom. The summed E-state index contributed by atoms with van der Waals surface area (Å²) in [5.74, 6) is -0.123. The van der Waals surface area contributed by atoms with Crippen LogP contribution in [0.2, 0.25) is 0 Å². The van der Waals surface area contributed by atoms with Gasteiger partial charge in [-0.2, -0.15) is 0 Å². The lowest BCUT2D eigenvalue weighted by Crippen LogP contribution is -2.09. The molecule has 1 N–H and O–H groups in total. The minimum atomic E-state index is -0.123. The van der Waals surface area contributed by atoms with Crippen LogP contribution < -0.4 is 5.32 Å². The summed E-state index contributed by atoms with van der Waals surface area (Å²) in [5.41, 5.74) is 1.75. The molecule has 3 rings (SSSR count). The third-order valence-electron chi connectivity index (χ3n) is 2.67. The zero-order valence-electron chi connectivity index (χ0n) is 10.5. The lowest BCUT2D eigenvalue weighted by Gasteiger charge is -2.05. The van der Waals surface area contributed by atoms with Crippen LogP contribution in [0.25, 0.3) is 10.6 Å². The molecule has 106 valence electrons. The van der Waals surface area contributed by atoms with Gasteiger partial charge in [0.1, 0.15) is 5.01 Å². The van der Waals surface area contributed by atoms with Crippen LogP contribution in [0, 0.1) is 0 Å². The minimum Gasteiger partial charge on any atom is -0.321 e. The number of nitrogens with zero attached hydrogens (tertiary/aromatic N) is 1. The lowest BCUT2D eigenvalue weighted by molar-refractivity contribution is 0.103. The summed E-state index contributed by atoms with van der Waals surface area (Å²) in [6.07, 6.45) is 1.77. The third kappa shape index (κ3) is 3.42. The van der Waals surface area contributed by atoms with Crippen LogP contribution in [0.15, 0.2) is 50.2 Å². The highest BCUT2D eigenvalue weighted by atomic mass is 79.9. The van der Waals surface area contributed by atoms with Gasteiger partial charge in [0.15, 0.2) is 0 Å². The molecule has 3 aromatic rings. The standard InChI is InChI=1S/C14H8Br2N2OS2/c15-10-7-11(21-12(10)16)13(19)18-9-3-1-2-8(6-9)14-17-4-5-20-14/h1-7H,(H,18,19). The molecule has 0 aliphatic rings. The molecule has 0 spiro atoms. The summed E-state index contributed by atoms with van der Waals surface area (Å²) in [7, 11) is 0. The highest BCUT2D eigenvalue weighted by molar-refractivity contribution is 9.13. The second-order valence-corrected chi connectivity index (χ2v) is 8.22. The largest absolute Gasteiger partial charge is 0.321 e. The molecule has 0 aliphatic heterocycles. The number of amides is 1. The molecular formula is C14H8Br2N2OS2. The van der Waals surface area contributed by atoms with Crippen molar-refractivity contribution in [2.45, 2.75) is 0 Å². The Labute approximate surface area is 146 Å². The molecule has 0 aliphatic carbocycles. The van der Waals surface area contributed by atoms with E-state index in [2.05, 4.69) is 42.2 Å². The number of carbonyl (C=O) groups is 1. The molecule has 1 aromatic carbocycles. The molecule has 0 saturated carbocycles. The van der Waals surface area contributed by atoms with Crippen molar-refractivity contribution in [3.05, 3.63) is 55.0 Å². The molecule has 0 unspecified atom stereocenters. The Balaban J connectivity index is 1.82. The SMILES string of the molecule is O=C(Nc1cccc(-c2nccs2)c1)c1cc(Br)c(Br)s1. The average molecular weight is 444 g/mol. The lowest BCUT2D eigenvalue weighted by atomic mass is 10.2. The number of benzene rings is 1. The highest BCUT2D eigenvalue weighted by Crippen LogP contribution is 2.33. The molecule has 2 heterocycles. The van der Waals surface area contributed by atoms with E-state index in [0.29, 0.717) is 4.88 Å². The number of aromatic nitrogens is 1. The Morgan fingerprint density at radius 2 is 2.10 bits per heavy atom. The highest BCUT2D eigenvalue weighted by Gasteiger charge is 2.12. The molecule has 1 amide bonds. The average Bonchev–Trinajstić information content (AvgIpc) is 3.10. The fourth-order valence-electron chi connectivity index (χ4n) is 1.75. The van der Waals surface area contributed by atoms with Crippen LogP contribution >= 0.6 is 54.5 Å². The summed E-state index contributed by atoms with van der Waals surface area (Å²) >= 11 is 9.74. The number of thiophene rings is 1. The van der Waals surface area contributed by atoms with E-state index in [9.17, 15) is 4.79 Å². The number of hydrogen-bond donors (Lipinski definition) is 1. The summed E-state index contributed by atoms with van der Waals surface area (Å²) in [6, 6.07) is 9.48. The van der Waals surface area contributed by atoms with Crippen LogP contribution in [0.5, 0.6) is 0 Å². The monoisotopic (exact) mass is 442 g/mol. The number of nitrogens with one attached hydrogen (secondary N) is 1. The molecule has 21 heavy (non-hydrogen) atoms. The fourth-order valence-corrected chi connectivity index (χ4v) is 4.31. The van der Waals surface area contributed by atoms with Gasteiger partial charge in [-0.05, 0) is 50.1 Å². The predicted molar refractivity (Wildman–Crippen MR) is 95.2 cm³/mol. The number of anilines is 1. The van der Waals surface area contributed by atoms with E-state index in [1.165, 1.54) is 11.3 Å². The molecular weight excluding hydrogens is 436 g/mol. The van der Waals surface area contributed by atoms with Gasteiger partial charge in [0.2, 0.25) is 0 Å². The smallest absolute Gasteiger partial charge is 0.265 e. The van der Waals surface area contributed by atoms with Gasteiger partial charge in [-0.3, -0.25) is 4.79 Å². The number of carbonyl (C=O) groups excluding carboxylic acids is 1. The van der Waals surface area contributed by atoms with E-state index in [0.717, 1.165) is 24.5 Å². The molecule has 2 aromatic heterocycles. The summed E-state index contributed by atoms with van der Waals surface area (Å²) in [5, 5.41) is 5.78. The van der Waals surface area contributed by atoms with Crippen molar-refractivity contribution in [3.8, 4) is 10.6 Å². The van der Waals surface area contributed by atoms with Gasteiger partial charge in [-0.25, -0.2) is 4.98 Å². The van der Waals surface area contributed by atoms with Gasteiger partial charge in [-0.1, -0.05) is 12.1 Å². The molecule has 0 fully saturated rings. The van der Waals surface area contributed by atoms with Crippen molar-refractivity contribution in [2.24, 2.45) is 0 Å². The van der Waals surface area contributed by atoms with Gasteiger partial charge >= 0.3 is 0 Å². The van der Waals surface area contributed by atoms with Gasteiger partial charge in [0.25, 0.3) is 5.91 Å².